The minimum Gasteiger partial charge on any atom is -0.454 e. The molecule has 1 aliphatic heterocycles. The van der Waals surface area contributed by atoms with Gasteiger partial charge >= 0.3 is 0 Å². The van der Waals surface area contributed by atoms with Crippen LogP contribution < -0.4 is 0 Å². The molecule has 1 aromatic rings. The zero-order valence-corrected chi connectivity index (χ0v) is 7.89. The van der Waals surface area contributed by atoms with E-state index in [1.165, 1.54) is 0 Å². The van der Waals surface area contributed by atoms with Crippen LogP contribution in [0.2, 0.25) is 0 Å². The smallest absolute Gasteiger partial charge is 0.275 e. The second kappa shape index (κ2) is 2.87. The summed E-state index contributed by atoms with van der Waals surface area (Å²) in [6.07, 6.45) is 2.88. The number of hydrogen-bond acceptors (Lipinski definition) is 3. The molecule has 0 atom stereocenters. The van der Waals surface area contributed by atoms with E-state index in [1.54, 1.807) is 23.9 Å². The summed E-state index contributed by atoms with van der Waals surface area (Å²) in [5.74, 6) is 0. The highest BCUT2D eigenvalue weighted by molar-refractivity contribution is 9.10. The van der Waals surface area contributed by atoms with Crippen molar-refractivity contribution in [2.24, 2.45) is 0 Å². The van der Waals surface area contributed by atoms with Crippen LogP contribution in [-0.2, 0) is 9.47 Å². The van der Waals surface area contributed by atoms with Gasteiger partial charge < -0.3 is 9.47 Å². The number of halogens is 1. The second-order valence-corrected chi connectivity index (χ2v) is 3.90. The Morgan fingerprint density at radius 3 is 2.64 bits per heavy atom. The van der Waals surface area contributed by atoms with Crippen molar-refractivity contribution < 1.29 is 9.47 Å². The summed E-state index contributed by atoms with van der Waals surface area (Å²) in [5, 5.41) is 2.00. The van der Waals surface area contributed by atoms with Gasteiger partial charge in [0.15, 0.2) is 0 Å². The van der Waals surface area contributed by atoms with Gasteiger partial charge in [0.25, 0.3) is 6.29 Å². The maximum Gasteiger partial charge on any atom is 0.275 e. The first-order valence-corrected chi connectivity index (χ1v) is 4.73. The lowest BCUT2D eigenvalue weighted by atomic mass is 10.5. The molecular weight excluding hydrogens is 228 g/mol. The highest BCUT2D eigenvalue weighted by atomic mass is 79.9. The van der Waals surface area contributed by atoms with Crippen molar-refractivity contribution in [3.63, 3.8) is 0 Å². The highest BCUT2D eigenvalue weighted by Gasteiger charge is 2.16. The molecule has 58 valence electrons. The summed E-state index contributed by atoms with van der Waals surface area (Å²) in [6, 6.07) is 1.99. The highest BCUT2D eigenvalue weighted by Crippen LogP contribution is 2.31. The molecule has 0 saturated heterocycles. The topological polar surface area (TPSA) is 18.5 Å². The summed E-state index contributed by atoms with van der Waals surface area (Å²) in [6.45, 7) is 0. The van der Waals surface area contributed by atoms with Crippen molar-refractivity contribution in [3.8, 4) is 0 Å². The predicted molar refractivity (Wildman–Crippen MR) is 46.1 cm³/mol. The van der Waals surface area contributed by atoms with Crippen molar-refractivity contribution in [1.29, 1.82) is 0 Å². The maximum atomic E-state index is 5.14. The standard InChI is InChI=1S/C7H5BrO2S/c8-5-3-6(11-4-5)7-9-1-2-10-7/h1-4,7H. The van der Waals surface area contributed by atoms with Crippen LogP contribution >= 0.6 is 27.3 Å². The average molecular weight is 233 g/mol. The monoisotopic (exact) mass is 232 g/mol. The Morgan fingerprint density at radius 2 is 2.09 bits per heavy atom. The van der Waals surface area contributed by atoms with Crippen LogP contribution in [0.5, 0.6) is 0 Å². The van der Waals surface area contributed by atoms with Gasteiger partial charge in [-0.25, -0.2) is 0 Å². The van der Waals surface area contributed by atoms with E-state index in [2.05, 4.69) is 15.9 Å². The van der Waals surface area contributed by atoms with Gasteiger partial charge in [0, 0.05) is 9.85 Å². The Balaban J connectivity index is 2.17. The molecule has 1 aliphatic rings. The summed E-state index contributed by atoms with van der Waals surface area (Å²) in [7, 11) is 0. The first-order chi connectivity index (χ1) is 5.36. The SMILES string of the molecule is Brc1csc(C2OC=CO2)c1. The zero-order chi connectivity index (χ0) is 7.68. The largest absolute Gasteiger partial charge is 0.454 e. The fourth-order valence-corrected chi connectivity index (χ4v) is 2.24. The van der Waals surface area contributed by atoms with Crippen LogP contribution in [0, 0.1) is 0 Å². The van der Waals surface area contributed by atoms with Gasteiger partial charge in [-0.3, -0.25) is 0 Å². The molecule has 2 heterocycles. The third-order valence-electron chi connectivity index (χ3n) is 1.28. The molecule has 0 unspecified atom stereocenters. The van der Waals surface area contributed by atoms with E-state index in [1.807, 2.05) is 11.4 Å². The van der Waals surface area contributed by atoms with Gasteiger partial charge in [0.1, 0.15) is 12.5 Å². The summed E-state index contributed by atoms with van der Waals surface area (Å²) < 4.78 is 11.3. The minimum absolute atomic E-state index is 0.230. The molecule has 0 radical (unpaired) electrons. The molecule has 0 N–H and O–H groups in total. The molecule has 0 fully saturated rings. The quantitative estimate of drug-likeness (QED) is 0.742. The van der Waals surface area contributed by atoms with Crippen molar-refractivity contribution in [2.75, 3.05) is 0 Å². The van der Waals surface area contributed by atoms with Crippen LogP contribution in [0.4, 0.5) is 0 Å². The van der Waals surface area contributed by atoms with Crippen LogP contribution in [0.3, 0.4) is 0 Å². The van der Waals surface area contributed by atoms with Crippen molar-refractivity contribution in [1.82, 2.24) is 0 Å². The Kier molecular flexibility index (Phi) is 1.87. The second-order valence-electron chi connectivity index (χ2n) is 2.04. The Morgan fingerprint density at radius 1 is 1.36 bits per heavy atom. The van der Waals surface area contributed by atoms with Crippen LogP contribution in [-0.4, -0.2) is 0 Å². The Bertz CT molecular complexity index is 274. The van der Waals surface area contributed by atoms with Crippen molar-refractivity contribution in [2.45, 2.75) is 6.29 Å². The van der Waals surface area contributed by atoms with Crippen LogP contribution in [0.1, 0.15) is 11.2 Å². The molecule has 1 aromatic heterocycles. The molecule has 4 heteroatoms. The van der Waals surface area contributed by atoms with E-state index in [4.69, 9.17) is 9.47 Å². The van der Waals surface area contributed by atoms with Gasteiger partial charge in [-0.2, -0.15) is 0 Å². The molecule has 0 spiro atoms. The third kappa shape index (κ3) is 1.41. The Labute approximate surface area is 76.6 Å². The first kappa shape index (κ1) is 7.18. The van der Waals surface area contributed by atoms with Gasteiger partial charge in [0.2, 0.25) is 0 Å². The molecule has 11 heavy (non-hydrogen) atoms. The van der Waals surface area contributed by atoms with Gasteiger partial charge in [0.05, 0.1) is 4.88 Å². The molecule has 0 saturated carbocycles. The number of rotatable bonds is 1. The average Bonchev–Trinajstić information content (AvgIpc) is 2.55. The number of thiophene rings is 1. The van der Waals surface area contributed by atoms with E-state index in [9.17, 15) is 0 Å². The lowest BCUT2D eigenvalue weighted by molar-refractivity contribution is -0.0217. The van der Waals surface area contributed by atoms with Gasteiger partial charge in [-0.15, -0.1) is 11.3 Å². The van der Waals surface area contributed by atoms with E-state index >= 15 is 0 Å². The Hall–Kier alpha value is -0.480. The maximum absolute atomic E-state index is 5.14. The molecule has 2 nitrogen and oxygen atoms in total. The van der Waals surface area contributed by atoms with Gasteiger partial charge in [-0.1, -0.05) is 0 Å². The fourth-order valence-electron chi connectivity index (χ4n) is 0.825. The molecule has 0 bridgehead atoms. The molecule has 0 amide bonds. The fraction of sp³-hybridized carbons (Fsp3) is 0.143. The third-order valence-corrected chi connectivity index (χ3v) is 3.00. The van der Waals surface area contributed by atoms with E-state index in [0.717, 1.165) is 9.35 Å². The normalized spacial score (nSPS) is 16.5. The van der Waals surface area contributed by atoms with E-state index in [0.29, 0.717) is 0 Å². The van der Waals surface area contributed by atoms with Crippen LogP contribution in [0.25, 0.3) is 0 Å². The predicted octanol–water partition coefficient (Wildman–Crippen LogP) is 3.03. The molecular formula is C7H5BrO2S. The minimum atomic E-state index is -0.230. The zero-order valence-electron chi connectivity index (χ0n) is 5.49. The lowest BCUT2D eigenvalue weighted by Gasteiger charge is -2.05. The first-order valence-electron chi connectivity index (χ1n) is 3.06. The van der Waals surface area contributed by atoms with E-state index < -0.39 is 0 Å². The number of hydrogen-bond donors (Lipinski definition) is 0. The van der Waals surface area contributed by atoms with Crippen molar-refractivity contribution in [3.05, 3.63) is 33.3 Å². The molecule has 0 aromatic carbocycles. The van der Waals surface area contributed by atoms with Gasteiger partial charge in [-0.05, 0) is 22.0 Å². The summed E-state index contributed by atoms with van der Waals surface area (Å²) in [4.78, 5) is 1.07. The summed E-state index contributed by atoms with van der Waals surface area (Å²) >= 11 is 4.97. The summed E-state index contributed by atoms with van der Waals surface area (Å²) in [5.41, 5.74) is 0. The van der Waals surface area contributed by atoms with Crippen molar-refractivity contribution >= 4 is 27.3 Å². The van der Waals surface area contributed by atoms with Crippen LogP contribution in [0.15, 0.2) is 28.4 Å². The lowest BCUT2D eigenvalue weighted by Crippen LogP contribution is -1.93. The molecule has 0 aliphatic carbocycles. The molecule has 2 rings (SSSR count). The number of ether oxygens (including phenoxy) is 2. The van der Waals surface area contributed by atoms with E-state index in [-0.39, 0.29) is 6.29 Å².